The van der Waals surface area contributed by atoms with Gasteiger partial charge >= 0.3 is 0 Å². The summed E-state index contributed by atoms with van der Waals surface area (Å²) in [5, 5.41) is 2.98. The second kappa shape index (κ2) is 5.31. The minimum absolute atomic E-state index is 0.236. The lowest BCUT2D eigenvalue weighted by molar-refractivity contribution is 0.263. The van der Waals surface area contributed by atoms with E-state index in [9.17, 15) is 0 Å². The van der Waals surface area contributed by atoms with Crippen LogP contribution in [0.3, 0.4) is 0 Å². The molecule has 3 aromatic rings. The molecule has 1 N–H and O–H groups in total. The van der Waals surface area contributed by atoms with Gasteiger partial charge < -0.3 is 19.2 Å². The fourth-order valence-corrected chi connectivity index (χ4v) is 2.14. The van der Waals surface area contributed by atoms with E-state index in [0.717, 1.165) is 34.8 Å². The summed E-state index contributed by atoms with van der Waals surface area (Å²) < 4.78 is 16.6. The van der Waals surface area contributed by atoms with Gasteiger partial charge in [-0.1, -0.05) is 0 Å². The van der Waals surface area contributed by atoms with E-state index in [4.69, 9.17) is 13.9 Å². The molecule has 0 radical (unpaired) electrons. The summed E-state index contributed by atoms with van der Waals surface area (Å²) in [5.74, 6) is 2.12. The van der Waals surface area contributed by atoms with Crippen LogP contribution < -0.4 is 10.1 Å². The Morgan fingerprint density at radius 3 is 2.95 bits per heavy atom. The lowest BCUT2D eigenvalue weighted by atomic mass is 10.3. The first-order valence-corrected chi connectivity index (χ1v) is 7.11. The highest BCUT2D eigenvalue weighted by Gasteiger charge is 2.23. The number of aromatic nitrogens is 2. The maximum Gasteiger partial charge on any atom is 0.228 e. The summed E-state index contributed by atoms with van der Waals surface area (Å²) in [7, 11) is 1.83. The molecule has 1 fully saturated rings. The van der Waals surface area contributed by atoms with Gasteiger partial charge in [0.1, 0.15) is 29.8 Å². The molecule has 0 bridgehead atoms. The summed E-state index contributed by atoms with van der Waals surface area (Å²) in [6.45, 7) is 1.36. The zero-order valence-electron chi connectivity index (χ0n) is 12.1. The van der Waals surface area contributed by atoms with Crippen molar-refractivity contribution >= 4 is 16.9 Å². The quantitative estimate of drug-likeness (QED) is 0.730. The predicted octanol–water partition coefficient (Wildman–Crippen LogP) is 2.71. The van der Waals surface area contributed by atoms with Crippen LogP contribution in [0.25, 0.3) is 22.6 Å². The Bertz CT molecular complexity index is 794. The maximum absolute atomic E-state index is 5.77. The van der Waals surface area contributed by atoms with Crippen LogP contribution in [0.4, 0.5) is 5.82 Å². The molecule has 2 aromatic heterocycles. The normalized spacial score (nSPS) is 16.7. The molecule has 6 nitrogen and oxygen atoms in total. The summed E-state index contributed by atoms with van der Waals surface area (Å²) in [5.41, 5.74) is 2.33. The monoisotopic (exact) mass is 297 g/mol. The topological polar surface area (TPSA) is 72.7 Å². The van der Waals surface area contributed by atoms with E-state index in [2.05, 4.69) is 15.3 Å². The Hall–Kier alpha value is -2.60. The first kappa shape index (κ1) is 13.1. The summed E-state index contributed by atoms with van der Waals surface area (Å²) in [4.78, 5) is 8.77. The van der Waals surface area contributed by atoms with Crippen molar-refractivity contribution in [2.24, 2.45) is 0 Å². The van der Waals surface area contributed by atoms with Gasteiger partial charge in [0.15, 0.2) is 5.58 Å². The smallest absolute Gasteiger partial charge is 0.228 e. The molecule has 3 heterocycles. The van der Waals surface area contributed by atoms with Crippen LogP contribution in [-0.2, 0) is 4.74 Å². The summed E-state index contributed by atoms with van der Waals surface area (Å²) in [6.07, 6.45) is 1.97. The van der Waals surface area contributed by atoms with E-state index < -0.39 is 0 Å². The molecular formula is C16H15N3O3. The van der Waals surface area contributed by atoms with Crippen molar-refractivity contribution in [3.05, 3.63) is 36.5 Å². The van der Waals surface area contributed by atoms with Crippen LogP contribution in [0.15, 0.2) is 40.9 Å². The van der Waals surface area contributed by atoms with Gasteiger partial charge in [0.25, 0.3) is 0 Å². The number of ether oxygens (including phenoxy) is 2. The molecule has 6 heteroatoms. The number of oxazole rings is 1. The second-order valence-electron chi connectivity index (χ2n) is 5.10. The first-order chi connectivity index (χ1) is 10.8. The molecule has 0 saturated carbocycles. The van der Waals surface area contributed by atoms with E-state index in [-0.39, 0.29) is 6.10 Å². The maximum atomic E-state index is 5.77. The molecule has 1 saturated heterocycles. The Morgan fingerprint density at radius 1 is 1.32 bits per heavy atom. The zero-order chi connectivity index (χ0) is 14.9. The molecule has 1 aromatic carbocycles. The Balaban J connectivity index is 1.60. The number of epoxide rings is 1. The van der Waals surface area contributed by atoms with Crippen LogP contribution in [-0.4, -0.2) is 36.3 Å². The van der Waals surface area contributed by atoms with Crippen LogP contribution in [0.2, 0.25) is 0 Å². The molecule has 1 aliphatic heterocycles. The van der Waals surface area contributed by atoms with Crippen molar-refractivity contribution < 1.29 is 13.9 Å². The van der Waals surface area contributed by atoms with Crippen molar-refractivity contribution in [1.29, 1.82) is 0 Å². The third-order valence-electron chi connectivity index (χ3n) is 3.46. The second-order valence-corrected chi connectivity index (χ2v) is 5.10. The van der Waals surface area contributed by atoms with Crippen molar-refractivity contribution in [3.63, 3.8) is 0 Å². The number of hydrogen-bond donors (Lipinski definition) is 1. The van der Waals surface area contributed by atoms with Gasteiger partial charge in [-0.15, -0.1) is 0 Å². The molecule has 22 heavy (non-hydrogen) atoms. The molecule has 4 rings (SSSR count). The van der Waals surface area contributed by atoms with E-state index in [1.165, 1.54) is 0 Å². The largest absolute Gasteiger partial charge is 0.491 e. The van der Waals surface area contributed by atoms with Crippen molar-refractivity contribution in [2.45, 2.75) is 6.10 Å². The van der Waals surface area contributed by atoms with Gasteiger partial charge in [-0.25, -0.2) is 9.97 Å². The zero-order valence-corrected chi connectivity index (χ0v) is 12.1. The number of anilines is 1. The van der Waals surface area contributed by atoms with E-state index in [0.29, 0.717) is 12.5 Å². The Labute approximate surface area is 127 Å². The van der Waals surface area contributed by atoms with Gasteiger partial charge in [0, 0.05) is 19.3 Å². The van der Waals surface area contributed by atoms with Gasteiger partial charge in [-0.2, -0.15) is 0 Å². The number of nitrogens with zero attached hydrogens (tertiary/aromatic N) is 2. The molecule has 1 aliphatic rings. The van der Waals surface area contributed by atoms with E-state index in [1.807, 2.05) is 37.4 Å². The lowest BCUT2D eigenvalue weighted by Crippen LogP contribution is -2.03. The average molecular weight is 297 g/mol. The standard InChI is InChI=1S/C16H15N3O3/c1-17-15-5-2-10(7-18-15)16-19-13-6-11(3-4-14(13)22-16)20-8-12-9-21-12/h2-7,12H,8-9H2,1H3,(H,17,18)/t12-/m1/s1. The molecule has 0 spiro atoms. The van der Waals surface area contributed by atoms with Crippen molar-refractivity contribution in [2.75, 3.05) is 25.6 Å². The highest BCUT2D eigenvalue weighted by Crippen LogP contribution is 2.27. The summed E-state index contributed by atoms with van der Waals surface area (Å²) >= 11 is 0. The van der Waals surface area contributed by atoms with Gasteiger partial charge in [-0.3, -0.25) is 0 Å². The number of fused-ring (bicyclic) bond motifs is 1. The molecule has 0 amide bonds. The SMILES string of the molecule is CNc1ccc(-c2nc3cc(OC[C@@H]4CO4)ccc3o2)cn1. The molecule has 0 unspecified atom stereocenters. The molecular weight excluding hydrogens is 282 g/mol. The number of benzene rings is 1. The summed E-state index contributed by atoms with van der Waals surface area (Å²) in [6, 6.07) is 9.42. The third-order valence-corrected chi connectivity index (χ3v) is 3.46. The van der Waals surface area contributed by atoms with Crippen LogP contribution in [0.1, 0.15) is 0 Å². The van der Waals surface area contributed by atoms with Gasteiger partial charge in [-0.05, 0) is 24.3 Å². The number of rotatable bonds is 5. The van der Waals surface area contributed by atoms with Crippen molar-refractivity contribution in [1.82, 2.24) is 9.97 Å². The fraction of sp³-hybridized carbons (Fsp3) is 0.250. The minimum atomic E-state index is 0.236. The third kappa shape index (κ3) is 2.60. The van der Waals surface area contributed by atoms with Crippen molar-refractivity contribution in [3.8, 4) is 17.2 Å². The van der Waals surface area contributed by atoms with Crippen LogP contribution in [0, 0.1) is 0 Å². The Morgan fingerprint density at radius 2 is 2.23 bits per heavy atom. The predicted molar refractivity (Wildman–Crippen MR) is 82.0 cm³/mol. The number of hydrogen-bond acceptors (Lipinski definition) is 6. The van der Waals surface area contributed by atoms with Crippen LogP contribution >= 0.6 is 0 Å². The lowest BCUT2D eigenvalue weighted by Gasteiger charge is -2.02. The highest BCUT2D eigenvalue weighted by atomic mass is 16.6. The highest BCUT2D eigenvalue weighted by molar-refractivity contribution is 5.77. The first-order valence-electron chi connectivity index (χ1n) is 7.11. The molecule has 112 valence electrons. The van der Waals surface area contributed by atoms with Gasteiger partial charge in [0.2, 0.25) is 5.89 Å². The van der Waals surface area contributed by atoms with E-state index >= 15 is 0 Å². The van der Waals surface area contributed by atoms with Crippen LogP contribution in [0.5, 0.6) is 5.75 Å². The molecule has 1 atom stereocenters. The Kier molecular flexibility index (Phi) is 3.16. The van der Waals surface area contributed by atoms with Gasteiger partial charge in [0.05, 0.1) is 12.2 Å². The average Bonchev–Trinajstić information content (AvgIpc) is 3.30. The molecule has 0 aliphatic carbocycles. The van der Waals surface area contributed by atoms with E-state index in [1.54, 1.807) is 6.20 Å². The number of nitrogens with one attached hydrogen (secondary N) is 1. The number of pyridine rings is 1. The fourth-order valence-electron chi connectivity index (χ4n) is 2.14. The minimum Gasteiger partial charge on any atom is -0.491 e.